The van der Waals surface area contributed by atoms with Crippen LogP contribution in [0.2, 0.25) is 0 Å². The first-order valence-corrected chi connectivity index (χ1v) is 10.4. The van der Waals surface area contributed by atoms with E-state index in [9.17, 15) is 18.3 Å². The lowest BCUT2D eigenvalue weighted by molar-refractivity contribution is 0.0966. The van der Waals surface area contributed by atoms with E-state index in [1.807, 2.05) is 0 Å². The summed E-state index contributed by atoms with van der Waals surface area (Å²) in [4.78, 5) is 12.0. The molecule has 1 aliphatic rings. The third-order valence-corrected chi connectivity index (χ3v) is 7.07. The Hall–Kier alpha value is -1.93. The smallest absolute Gasteiger partial charge is 0.259 e. The lowest BCUT2D eigenvalue weighted by atomic mass is 10.0. The lowest BCUT2D eigenvalue weighted by Crippen LogP contribution is -2.28. The molecule has 0 saturated heterocycles. The second kappa shape index (κ2) is 8.44. The number of benzene rings is 1. The minimum atomic E-state index is -3.52. The van der Waals surface area contributed by atoms with Crippen molar-refractivity contribution in [2.75, 3.05) is 0 Å². The van der Waals surface area contributed by atoms with Crippen LogP contribution in [0.15, 0.2) is 46.3 Å². The molecule has 1 saturated carbocycles. The molecule has 0 unspecified atom stereocenters. The summed E-state index contributed by atoms with van der Waals surface area (Å²) in [6.45, 7) is 3.67. The molecule has 0 spiro atoms. The quantitative estimate of drug-likeness (QED) is 0.698. The molecule has 0 atom stereocenters. The van der Waals surface area contributed by atoms with Crippen LogP contribution in [0.25, 0.3) is 0 Å². The van der Waals surface area contributed by atoms with E-state index in [-0.39, 0.29) is 21.4 Å². The van der Waals surface area contributed by atoms with Gasteiger partial charge in [-0.2, -0.15) is 0 Å². The number of carbonyl (C=O) groups excluding carboxylic acids is 1. The first-order valence-electron chi connectivity index (χ1n) is 7.97. The number of hydrogen-bond acceptors (Lipinski definition) is 6. The molecule has 0 aliphatic heterocycles. The largest absolute Gasteiger partial charge is 0.507 e. The minimum absolute atomic E-state index is 0.107. The Bertz CT molecular complexity index is 782. The molecule has 1 aromatic rings. The van der Waals surface area contributed by atoms with Gasteiger partial charge < -0.3 is 16.2 Å². The van der Waals surface area contributed by atoms with Gasteiger partial charge in [0.05, 0.1) is 15.8 Å². The van der Waals surface area contributed by atoms with Crippen molar-refractivity contribution >= 4 is 27.5 Å². The first-order chi connectivity index (χ1) is 11.8. The molecule has 0 radical (unpaired) electrons. The number of thioether (sulfide) groups is 1. The Morgan fingerprint density at radius 1 is 1.28 bits per heavy atom. The van der Waals surface area contributed by atoms with Crippen LogP contribution < -0.4 is 11.1 Å². The molecule has 4 N–H and O–H groups in total. The summed E-state index contributed by atoms with van der Waals surface area (Å²) in [6.07, 6.45) is 4.11. The number of phenols is 1. The highest BCUT2D eigenvalue weighted by Gasteiger charge is 2.29. The number of rotatable bonds is 6. The van der Waals surface area contributed by atoms with E-state index in [2.05, 4.69) is 11.9 Å². The average Bonchev–Trinajstić information content (AvgIpc) is 2.60. The van der Waals surface area contributed by atoms with E-state index >= 15 is 0 Å². The predicted octanol–water partition coefficient (Wildman–Crippen LogP) is 2.83. The van der Waals surface area contributed by atoms with Gasteiger partial charge in [-0.15, -0.1) is 0 Å². The van der Waals surface area contributed by atoms with Crippen LogP contribution in [0, 0.1) is 0 Å². The van der Waals surface area contributed by atoms with E-state index in [0.29, 0.717) is 12.8 Å². The molecule has 2 rings (SSSR count). The monoisotopic (exact) mass is 382 g/mol. The summed E-state index contributed by atoms with van der Waals surface area (Å²) in [5, 5.41) is 13.0. The zero-order chi connectivity index (χ0) is 18.4. The van der Waals surface area contributed by atoms with Gasteiger partial charge in [-0.1, -0.05) is 49.7 Å². The average molecular weight is 383 g/mol. The third kappa shape index (κ3) is 5.02. The summed E-state index contributed by atoms with van der Waals surface area (Å²) in [5.41, 5.74) is 5.86. The predicted molar refractivity (Wildman–Crippen MR) is 100 cm³/mol. The van der Waals surface area contributed by atoms with Crippen molar-refractivity contribution in [2.24, 2.45) is 5.73 Å². The number of sulfone groups is 1. The van der Waals surface area contributed by atoms with Crippen molar-refractivity contribution in [3.05, 3.63) is 51.9 Å². The molecular weight excluding hydrogens is 360 g/mol. The molecule has 1 fully saturated rings. The Balaban J connectivity index is 1.97. The number of carbonyl (C=O) groups is 1. The maximum Gasteiger partial charge on any atom is 0.259 e. The fourth-order valence-electron chi connectivity index (χ4n) is 2.65. The van der Waals surface area contributed by atoms with Crippen LogP contribution >= 0.6 is 11.8 Å². The molecule has 0 aromatic heterocycles. The molecule has 0 heterocycles. The van der Waals surface area contributed by atoms with Crippen molar-refractivity contribution in [2.45, 2.75) is 37.4 Å². The van der Waals surface area contributed by atoms with Crippen molar-refractivity contribution in [3.8, 4) is 5.75 Å². The van der Waals surface area contributed by atoms with Gasteiger partial charge in [0, 0.05) is 5.41 Å². The first kappa shape index (κ1) is 19.4. The lowest BCUT2D eigenvalue weighted by Gasteiger charge is -2.21. The summed E-state index contributed by atoms with van der Waals surface area (Å²) >= 11 is 0.930. The van der Waals surface area contributed by atoms with Crippen LogP contribution in [0.4, 0.5) is 0 Å². The normalized spacial score (nSPS) is 16.4. The summed E-state index contributed by atoms with van der Waals surface area (Å²) in [7, 11) is -3.52. The van der Waals surface area contributed by atoms with Gasteiger partial charge in [-0.3, -0.25) is 4.79 Å². The number of nitrogens with one attached hydrogen (secondary N) is 1. The van der Waals surface area contributed by atoms with Crippen LogP contribution in [0.5, 0.6) is 5.75 Å². The SMILES string of the molecule is C=C(NC(=O)c1ccccc1O)S/C=C(\N)S(=O)(=O)C1CCCCC1. The van der Waals surface area contributed by atoms with Gasteiger partial charge in [0.1, 0.15) is 10.8 Å². The Labute approximate surface area is 152 Å². The van der Waals surface area contributed by atoms with E-state index < -0.39 is 21.0 Å². The molecular formula is C17H22N2O4S2. The van der Waals surface area contributed by atoms with E-state index in [1.54, 1.807) is 12.1 Å². The van der Waals surface area contributed by atoms with Gasteiger partial charge >= 0.3 is 0 Å². The van der Waals surface area contributed by atoms with Crippen molar-refractivity contribution in [1.29, 1.82) is 0 Å². The number of para-hydroxylation sites is 1. The van der Waals surface area contributed by atoms with E-state index in [1.165, 1.54) is 17.5 Å². The molecule has 8 heteroatoms. The highest BCUT2D eigenvalue weighted by molar-refractivity contribution is 8.06. The molecule has 25 heavy (non-hydrogen) atoms. The zero-order valence-corrected chi connectivity index (χ0v) is 15.4. The molecule has 1 aromatic carbocycles. The second-order valence-corrected chi connectivity index (χ2v) is 9.03. The van der Waals surface area contributed by atoms with Crippen LogP contribution in [0.3, 0.4) is 0 Å². The number of phenolic OH excluding ortho intramolecular Hbond substituents is 1. The summed E-state index contributed by atoms with van der Waals surface area (Å²) in [5.74, 6) is -0.676. The van der Waals surface area contributed by atoms with Gasteiger partial charge in [-0.25, -0.2) is 8.42 Å². The van der Waals surface area contributed by atoms with E-state index in [0.717, 1.165) is 31.0 Å². The fraction of sp³-hybridized carbons (Fsp3) is 0.353. The van der Waals surface area contributed by atoms with Crippen molar-refractivity contribution in [1.82, 2.24) is 5.32 Å². The number of amides is 1. The number of nitrogens with two attached hydrogens (primary N) is 1. The molecule has 6 nitrogen and oxygen atoms in total. The zero-order valence-electron chi connectivity index (χ0n) is 13.8. The Kier molecular flexibility index (Phi) is 6.55. The standard InChI is InChI=1S/C17H22N2O4S2/c1-12(19-17(21)14-9-5-6-10-15(14)20)24-11-16(18)25(22,23)13-7-3-2-4-8-13/h5-6,9-11,13,20H,1-4,7-8,18H2,(H,19,21)/b16-11+. The highest BCUT2D eigenvalue weighted by Crippen LogP contribution is 2.28. The van der Waals surface area contributed by atoms with Crippen LogP contribution in [0.1, 0.15) is 42.5 Å². The summed E-state index contributed by atoms with van der Waals surface area (Å²) in [6, 6.07) is 6.11. The minimum Gasteiger partial charge on any atom is -0.507 e. The second-order valence-electron chi connectivity index (χ2n) is 5.84. The van der Waals surface area contributed by atoms with Gasteiger partial charge in [0.15, 0.2) is 9.84 Å². The molecule has 1 aliphatic carbocycles. The van der Waals surface area contributed by atoms with Crippen LogP contribution in [-0.4, -0.2) is 24.7 Å². The maximum atomic E-state index is 12.4. The Morgan fingerprint density at radius 3 is 2.56 bits per heavy atom. The van der Waals surface area contributed by atoms with E-state index in [4.69, 9.17) is 5.73 Å². The molecule has 136 valence electrons. The highest BCUT2D eigenvalue weighted by atomic mass is 32.2. The molecule has 0 bridgehead atoms. The number of hydrogen-bond donors (Lipinski definition) is 3. The van der Waals surface area contributed by atoms with Gasteiger partial charge in [0.25, 0.3) is 5.91 Å². The Morgan fingerprint density at radius 2 is 1.92 bits per heavy atom. The summed E-state index contributed by atoms with van der Waals surface area (Å²) < 4.78 is 24.9. The van der Waals surface area contributed by atoms with Crippen LogP contribution in [-0.2, 0) is 9.84 Å². The maximum absolute atomic E-state index is 12.4. The third-order valence-electron chi connectivity index (χ3n) is 4.04. The van der Waals surface area contributed by atoms with Crippen molar-refractivity contribution < 1.29 is 18.3 Å². The number of aromatic hydroxyl groups is 1. The van der Waals surface area contributed by atoms with Gasteiger partial charge in [0.2, 0.25) is 0 Å². The van der Waals surface area contributed by atoms with Crippen molar-refractivity contribution in [3.63, 3.8) is 0 Å². The fourth-order valence-corrected chi connectivity index (χ4v) is 5.08. The topological polar surface area (TPSA) is 109 Å². The van der Waals surface area contributed by atoms with Gasteiger partial charge in [-0.05, 0) is 25.0 Å². The molecule has 1 amide bonds.